The lowest BCUT2D eigenvalue weighted by Gasteiger charge is -2.20. The Labute approximate surface area is 178 Å². The van der Waals surface area contributed by atoms with E-state index in [4.69, 9.17) is 0 Å². The molecule has 1 heterocycles. The fraction of sp³-hybridized carbons (Fsp3) is 0.391. The fourth-order valence-corrected chi connectivity index (χ4v) is 5.06. The lowest BCUT2D eigenvalue weighted by molar-refractivity contribution is -0.116. The second-order valence-corrected chi connectivity index (χ2v) is 9.62. The number of anilines is 1. The van der Waals surface area contributed by atoms with Crippen LogP contribution in [0.25, 0.3) is 0 Å². The Hall–Kier alpha value is -2.51. The van der Waals surface area contributed by atoms with Crippen molar-refractivity contribution in [3.05, 3.63) is 59.7 Å². The van der Waals surface area contributed by atoms with Crippen LogP contribution in [0.3, 0.4) is 0 Å². The summed E-state index contributed by atoms with van der Waals surface area (Å²) >= 11 is 0. The number of hydrogen-bond acceptors (Lipinski definition) is 4. The highest BCUT2D eigenvalue weighted by Gasteiger charge is 2.25. The third-order valence-electron chi connectivity index (χ3n) is 5.27. The summed E-state index contributed by atoms with van der Waals surface area (Å²) in [6.45, 7) is 3.00. The van der Waals surface area contributed by atoms with Crippen molar-refractivity contribution in [2.75, 3.05) is 18.4 Å². The van der Waals surface area contributed by atoms with Gasteiger partial charge in [0, 0.05) is 37.2 Å². The van der Waals surface area contributed by atoms with Gasteiger partial charge in [0.15, 0.2) is 5.78 Å². The molecule has 0 bridgehead atoms. The zero-order valence-corrected chi connectivity index (χ0v) is 18.1. The summed E-state index contributed by atoms with van der Waals surface area (Å²) in [5.41, 5.74) is 2.07. The van der Waals surface area contributed by atoms with E-state index in [1.165, 1.54) is 10.4 Å². The van der Waals surface area contributed by atoms with Crippen molar-refractivity contribution >= 4 is 27.4 Å². The van der Waals surface area contributed by atoms with E-state index in [2.05, 4.69) is 5.32 Å². The zero-order chi connectivity index (χ0) is 21.6. The second-order valence-electron chi connectivity index (χ2n) is 7.68. The SMILES string of the molecule is Cc1ccc(C(=O)CCC(=O)Nc2cccc(S(=O)(=O)N3CCCCCC3)c2)cc1. The molecule has 0 aliphatic carbocycles. The molecule has 1 aliphatic heterocycles. The molecule has 0 atom stereocenters. The molecule has 0 saturated carbocycles. The monoisotopic (exact) mass is 428 g/mol. The number of hydrogen-bond donors (Lipinski definition) is 1. The first-order valence-corrected chi connectivity index (χ1v) is 11.8. The molecule has 3 rings (SSSR count). The predicted octanol–water partition coefficient (Wildman–Crippen LogP) is 4.16. The molecule has 1 fully saturated rings. The average Bonchev–Trinajstić information content (AvgIpc) is 3.03. The summed E-state index contributed by atoms with van der Waals surface area (Å²) in [5.74, 6) is -0.414. The first-order chi connectivity index (χ1) is 14.4. The maximum absolute atomic E-state index is 12.9. The molecule has 1 saturated heterocycles. The first kappa shape index (κ1) is 22.2. The molecule has 1 aliphatic rings. The van der Waals surface area contributed by atoms with Crippen LogP contribution < -0.4 is 5.32 Å². The van der Waals surface area contributed by atoms with Crippen LogP contribution in [0.1, 0.15) is 54.4 Å². The maximum atomic E-state index is 12.9. The van der Waals surface area contributed by atoms with Crippen LogP contribution in [-0.2, 0) is 14.8 Å². The Morgan fingerprint density at radius 3 is 2.27 bits per heavy atom. The quantitative estimate of drug-likeness (QED) is 0.671. The molecule has 1 amide bonds. The van der Waals surface area contributed by atoms with Crippen LogP contribution >= 0.6 is 0 Å². The van der Waals surface area contributed by atoms with Gasteiger partial charge in [-0.05, 0) is 38.0 Å². The van der Waals surface area contributed by atoms with Crippen molar-refractivity contribution < 1.29 is 18.0 Å². The summed E-state index contributed by atoms with van der Waals surface area (Å²) < 4.78 is 27.4. The van der Waals surface area contributed by atoms with Gasteiger partial charge in [0.1, 0.15) is 0 Å². The molecule has 1 N–H and O–H groups in total. The van der Waals surface area contributed by atoms with Crippen molar-refractivity contribution in [2.24, 2.45) is 0 Å². The lowest BCUT2D eigenvalue weighted by atomic mass is 10.0. The molecule has 2 aromatic carbocycles. The molecule has 160 valence electrons. The van der Waals surface area contributed by atoms with Crippen molar-refractivity contribution in [2.45, 2.75) is 50.3 Å². The Bertz CT molecular complexity index is 992. The van der Waals surface area contributed by atoms with E-state index >= 15 is 0 Å². The molecule has 7 heteroatoms. The number of nitrogens with one attached hydrogen (secondary N) is 1. The molecule has 0 aromatic heterocycles. The predicted molar refractivity (Wildman–Crippen MR) is 117 cm³/mol. The molecule has 6 nitrogen and oxygen atoms in total. The molecular formula is C23H28N2O4S. The van der Waals surface area contributed by atoms with E-state index in [1.807, 2.05) is 19.1 Å². The number of aryl methyl sites for hydroxylation is 1. The third kappa shape index (κ3) is 5.77. The van der Waals surface area contributed by atoms with Gasteiger partial charge in [0.05, 0.1) is 4.90 Å². The van der Waals surface area contributed by atoms with E-state index in [1.54, 1.807) is 30.3 Å². The fourth-order valence-electron chi connectivity index (χ4n) is 3.50. The zero-order valence-electron chi connectivity index (χ0n) is 17.3. The molecule has 2 aromatic rings. The minimum Gasteiger partial charge on any atom is -0.326 e. The standard InChI is InChI=1S/C23H28N2O4S/c1-18-9-11-19(12-10-18)22(26)13-14-23(27)24-20-7-6-8-21(17-20)30(28,29)25-15-4-2-3-5-16-25/h6-12,17H,2-5,13-16H2,1H3,(H,24,27). The van der Waals surface area contributed by atoms with Crippen molar-refractivity contribution in [3.8, 4) is 0 Å². The number of carbonyl (C=O) groups excluding carboxylic acids is 2. The van der Waals surface area contributed by atoms with E-state index in [0.29, 0.717) is 24.3 Å². The summed E-state index contributed by atoms with van der Waals surface area (Å²) in [5, 5.41) is 2.71. The maximum Gasteiger partial charge on any atom is 0.243 e. The smallest absolute Gasteiger partial charge is 0.243 e. The van der Waals surface area contributed by atoms with E-state index < -0.39 is 10.0 Å². The van der Waals surface area contributed by atoms with Crippen LogP contribution in [0.15, 0.2) is 53.4 Å². The van der Waals surface area contributed by atoms with Gasteiger partial charge in [-0.3, -0.25) is 9.59 Å². The number of amides is 1. The molecule has 0 unspecified atom stereocenters. The van der Waals surface area contributed by atoms with Gasteiger partial charge < -0.3 is 5.32 Å². The highest BCUT2D eigenvalue weighted by atomic mass is 32.2. The van der Waals surface area contributed by atoms with E-state index in [9.17, 15) is 18.0 Å². The van der Waals surface area contributed by atoms with Crippen molar-refractivity contribution in [1.29, 1.82) is 0 Å². The average molecular weight is 429 g/mol. The molecular weight excluding hydrogens is 400 g/mol. The number of nitrogens with zero attached hydrogens (tertiary/aromatic N) is 1. The number of sulfonamides is 1. The normalized spacial score (nSPS) is 15.4. The first-order valence-electron chi connectivity index (χ1n) is 10.4. The van der Waals surface area contributed by atoms with Crippen molar-refractivity contribution in [3.63, 3.8) is 0 Å². The number of carbonyl (C=O) groups is 2. The Kier molecular flexibility index (Phi) is 7.39. The summed E-state index contributed by atoms with van der Waals surface area (Å²) in [6.07, 6.45) is 3.96. The largest absolute Gasteiger partial charge is 0.326 e. The third-order valence-corrected chi connectivity index (χ3v) is 7.17. The summed E-state index contributed by atoms with van der Waals surface area (Å²) in [4.78, 5) is 24.7. The number of ketones is 1. The van der Waals surface area contributed by atoms with Gasteiger partial charge in [0.25, 0.3) is 0 Å². The lowest BCUT2D eigenvalue weighted by Crippen LogP contribution is -2.32. The van der Waals surface area contributed by atoms with E-state index in [0.717, 1.165) is 31.2 Å². The minimum atomic E-state index is -3.58. The summed E-state index contributed by atoms with van der Waals surface area (Å²) in [7, 11) is -3.58. The van der Waals surface area contributed by atoms with Gasteiger partial charge in [-0.1, -0.05) is 48.7 Å². The summed E-state index contributed by atoms with van der Waals surface area (Å²) in [6, 6.07) is 13.6. The van der Waals surface area contributed by atoms with E-state index in [-0.39, 0.29) is 29.4 Å². The Morgan fingerprint density at radius 1 is 0.933 bits per heavy atom. The van der Waals surface area contributed by atoms with Gasteiger partial charge in [0.2, 0.25) is 15.9 Å². The molecule has 30 heavy (non-hydrogen) atoms. The van der Waals surface area contributed by atoms with Crippen LogP contribution in [0, 0.1) is 6.92 Å². The molecule has 0 radical (unpaired) electrons. The topological polar surface area (TPSA) is 83.5 Å². The van der Waals surface area contributed by atoms with Gasteiger partial charge in [-0.15, -0.1) is 0 Å². The minimum absolute atomic E-state index is 0.0375. The highest BCUT2D eigenvalue weighted by molar-refractivity contribution is 7.89. The van der Waals surface area contributed by atoms with Crippen LogP contribution in [0.5, 0.6) is 0 Å². The Morgan fingerprint density at radius 2 is 1.60 bits per heavy atom. The second kappa shape index (κ2) is 10.00. The number of Topliss-reactive ketones (excluding diaryl/α,β-unsaturated/α-hetero) is 1. The molecule has 0 spiro atoms. The Balaban J connectivity index is 1.61. The van der Waals surface area contributed by atoms with Crippen LogP contribution in [-0.4, -0.2) is 37.5 Å². The number of rotatable bonds is 7. The van der Waals surface area contributed by atoms with Gasteiger partial charge in [-0.25, -0.2) is 8.42 Å². The van der Waals surface area contributed by atoms with Crippen LogP contribution in [0.4, 0.5) is 5.69 Å². The highest BCUT2D eigenvalue weighted by Crippen LogP contribution is 2.23. The van der Waals surface area contributed by atoms with Gasteiger partial charge in [-0.2, -0.15) is 4.31 Å². The van der Waals surface area contributed by atoms with Crippen LogP contribution in [0.2, 0.25) is 0 Å². The van der Waals surface area contributed by atoms with Crippen molar-refractivity contribution in [1.82, 2.24) is 4.31 Å². The number of benzene rings is 2. The van der Waals surface area contributed by atoms with Gasteiger partial charge >= 0.3 is 0 Å².